The van der Waals surface area contributed by atoms with Crippen molar-refractivity contribution in [1.82, 2.24) is 35.2 Å². The zero-order valence-electron chi connectivity index (χ0n) is 19.3. The Morgan fingerprint density at radius 2 is 2.15 bits per heavy atom. The second-order valence-electron chi connectivity index (χ2n) is 8.95. The molecular formula is C24H29N7O2. The fraction of sp³-hybridized carbons (Fsp3) is 0.417. The smallest absolute Gasteiger partial charge is 0.233 e. The molecule has 9 nitrogen and oxygen atoms in total. The number of methoxy groups -OCH3 is 1. The van der Waals surface area contributed by atoms with Crippen molar-refractivity contribution in [3.63, 3.8) is 0 Å². The van der Waals surface area contributed by atoms with Crippen molar-refractivity contribution in [3.8, 4) is 17.0 Å². The predicted octanol–water partition coefficient (Wildman–Crippen LogP) is 2.99. The van der Waals surface area contributed by atoms with E-state index in [2.05, 4.69) is 51.7 Å². The first-order valence-electron chi connectivity index (χ1n) is 11.3. The average Bonchev–Trinajstić information content (AvgIpc) is 3.41. The zero-order valence-corrected chi connectivity index (χ0v) is 19.3. The van der Waals surface area contributed by atoms with Gasteiger partial charge in [-0.25, -0.2) is 9.50 Å². The van der Waals surface area contributed by atoms with Gasteiger partial charge < -0.3 is 20.4 Å². The van der Waals surface area contributed by atoms with E-state index >= 15 is 0 Å². The summed E-state index contributed by atoms with van der Waals surface area (Å²) in [5.41, 5.74) is 7.02. The van der Waals surface area contributed by atoms with Crippen LogP contribution in [0.5, 0.6) is 5.75 Å². The summed E-state index contributed by atoms with van der Waals surface area (Å²) in [5.74, 6) is 1.37. The van der Waals surface area contributed by atoms with Crippen LogP contribution in [0, 0.1) is 0 Å². The number of fused-ring (bicyclic) bond motifs is 2. The summed E-state index contributed by atoms with van der Waals surface area (Å²) in [7, 11) is 3.30. The van der Waals surface area contributed by atoms with Crippen molar-refractivity contribution in [2.24, 2.45) is 0 Å². The first kappa shape index (κ1) is 21.4. The molecule has 4 aromatic rings. The lowest BCUT2D eigenvalue weighted by Crippen LogP contribution is -2.44. The Kier molecular flexibility index (Phi) is 5.49. The molecule has 172 valence electrons. The normalized spacial score (nSPS) is 18.1. The van der Waals surface area contributed by atoms with Crippen LogP contribution < -0.4 is 15.4 Å². The fourth-order valence-corrected chi connectivity index (χ4v) is 4.65. The van der Waals surface area contributed by atoms with Crippen molar-refractivity contribution in [2.75, 3.05) is 20.7 Å². The maximum atomic E-state index is 11.5. The van der Waals surface area contributed by atoms with E-state index in [4.69, 9.17) is 9.72 Å². The van der Waals surface area contributed by atoms with Gasteiger partial charge in [0, 0.05) is 42.0 Å². The lowest BCUT2D eigenvalue weighted by atomic mass is 9.78. The third-order valence-electron chi connectivity index (χ3n) is 6.51. The molecule has 4 aromatic heterocycles. The van der Waals surface area contributed by atoms with Crippen LogP contribution in [-0.2, 0) is 4.79 Å². The number of ether oxygens (including phenoxy) is 1. The van der Waals surface area contributed by atoms with E-state index in [1.54, 1.807) is 18.7 Å². The molecule has 3 N–H and O–H groups in total. The number of H-pyrrole nitrogens is 1. The highest BCUT2D eigenvalue weighted by molar-refractivity contribution is 5.89. The average molecular weight is 448 g/mol. The van der Waals surface area contributed by atoms with Crippen LogP contribution in [0.1, 0.15) is 49.8 Å². The lowest BCUT2D eigenvalue weighted by molar-refractivity contribution is -0.120. The van der Waals surface area contributed by atoms with Gasteiger partial charge in [0.05, 0.1) is 30.4 Å². The van der Waals surface area contributed by atoms with Gasteiger partial charge >= 0.3 is 0 Å². The van der Waals surface area contributed by atoms with Crippen LogP contribution in [0.15, 0.2) is 30.7 Å². The summed E-state index contributed by atoms with van der Waals surface area (Å²) in [5, 5.41) is 10.3. The van der Waals surface area contributed by atoms with Crippen LogP contribution in [-0.4, -0.2) is 57.2 Å². The van der Waals surface area contributed by atoms with Gasteiger partial charge in [-0.2, -0.15) is 5.10 Å². The van der Waals surface area contributed by atoms with E-state index in [9.17, 15) is 4.79 Å². The highest BCUT2D eigenvalue weighted by Crippen LogP contribution is 2.40. The summed E-state index contributed by atoms with van der Waals surface area (Å²) in [4.78, 5) is 24.4. The van der Waals surface area contributed by atoms with Gasteiger partial charge in [0.15, 0.2) is 11.4 Å². The molecule has 0 atom stereocenters. The van der Waals surface area contributed by atoms with Crippen LogP contribution in [0.4, 0.5) is 0 Å². The number of nitrogens with one attached hydrogen (secondary N) is 3. The van der Waals surface area contributed by atoms with E-state index in [-0.39, 0.29) is 11.8 Å². The monoisotopic (exact) mass is 447 g/mol. The number of hydrogen-bond acceptors (Lipinski definition) is 6. The van der Waals surface area contributed by atoms with Crippen molar-refractivity contribution in [1.29, 1.82) is 0 Å². The topological polar surface area (TPSA) is 109 Å². The molecule has 0 unspecified atom stereocenters. The van der Waals surface area contributed by atoms with Crippen LogP contribution in [0.2, 0.25) is 0 Å². The lowest BCUT2D eigenvalue weighted by Gasteiger charge is -2.35. The quantitative estimate of drug-likeness (QED) is 0.402. The zero-order chi connectivity index (χ0) is 23.1. The van der Waals surface area contributed by atoms with Gasteiger partial charge in [-0.3, -0.25) is 9.78 Å². The Morgan fingerprint density at radius 1 is 1.33 bits per heavy atom. The summed E-state index contributed by atoms with van der Waals surface area (Å²) < 4.78 is 7.30. The van der Waals surface area contributed by atoms with Crippen molar-refractivity contribution in [2.45, 2.75) is 44.6 Å². The molecule has 4 heterocycles. The summed E-state index contributed by atoms with van der Waals surface area (Å²) >= 11 is 0. The molecule has 0 saturated heterocycles. The van der Waals surface area contributed by atoms with E-state index < -0.39 is 0 Å². The number of carbonyl (C=O) groups is 1. The number of pyridine rings is 2. The largest absolute Gasteiger partial charge is 0.493 e. The molecular weight excluding hydrogens is 418 g/mol. The molecule has 0 radical (unpaired) electrons. The first-order chi connectivity index (χ1) is 16.0. The van der Waals surface area contributed by atoms with Gasteiger partial charge in [-0.15, -0.1) is 0 Å². The van der Waals surface area contributed by atoms with Gasteiger partial charge in [0.25, 0.3) is 0 Å². The summed E-state index contributed by atoms with van der Waals surface area (Å²) in [6, 6.07) is 6.60. The Hall–Kier alpha value is -3.46. The Labute approximate surface area is 192 Å². The molecule has 1 aliphatic carbocycles. The van der Waals surface area contributed by atoms with E-state index in [1.807, 2.05) is 12.3 Å². The van der Waals surface area contributed by atoms with Gasteiger partial charge in [-0.1, -0.05) is 13.8 Å². The molecule has 0 aliphatic heterocycles. The number of carbonyl (C=O) groups excluding carboxylic acids is 1. The summed E-state index contributed by atoms with van der Waals surface area (Å²) in [6.45, 7) is 4.74. The van der Waals surface area contributed by atoms with E-state index in [0.717, 1.165) is 40.8 Å². The third-order valence-corrected chi connectivity index (χ3v) is 6.51. The molecule has 1 fully saturated rings. The molecule has 1 aliphatic rings. The minimum atomic E-state index is 0.0140. The SMILES string of the molecule is CNC(=O)CNC1CC(c2ccc3[nH]c(-c4cc(OC)c5ncnn5c4)c(C(C)C)c3n2)C1. The van der Waals surface area contributed by atoms with Gasteiger partial charge in [0.1, 0.15) is 6.33 Å². The number of aromatic amines is 1. The highest BCUT2D eigenvalue weighted by atomic mass is 16.5. The van der Waals surface area contributed by atoms with Crippen molar-refractivity contribution in [3.05, 3.63) is 42.0 Å². The van der Waals surface area contributed by atoms with Gasteiger partial charge in [-0.05, 0) is 37.0 Å². The number of hydrogen-bond donors (Lipinski definition) is 3. The summed E-state index contributed by atoms with van der Waals surface area (Å²) in [6.07, 6.45) is 5.48. The molecule has 9 heteroatoms. The molecule has 0 aromatic carbocycles. The number of rotatable bonds is 7. The third kappa shape index (κ3) is 3.82. The van der Waals surface area contributed by atoms with E-state index in [1.165, 1.54) is 11.9 Å². The van der Waals surface area contributed by atoms with Crippen LogP contribution in [0.3, 0.4) is 0 Å². The number of amides is 1. The molecule has 33 heavy (non-hydrogen) atoms. The first-order valence-corrected chi connectivity index (χ1v) is 11.3. The fourth-order valence-electron chi connectivity index (χ4n) is 4.65. The highest BCUT2D eigenvalue weighted by Gasteiger charge is 2.32. The number of nitrogens with zero attached hydrogens (tertiary/aromatic N) is 4. The van der Waals surface area contributed by atoms with Gasteiger partial charge in [0.2, 0.25) is 5.91 Å². The molecule has 0 spiro atoms. The Balaban J connectivity index is 1.47. The molecule has 1 saturated carbocycles. The second-order valence-corrected chi connectivity index (χ2v) is 8.95. The second kappa shape index (κ2) is 8.47. The minimum absolute atomic E-state index is 0.0140. The Morgan fingerprint density at radius 3 is 2.88 bits per heavy atom. The number of likely N-dealkylation sites (N-methyl/N-ethyl adjacent to an activating group) is 1. The van der Waals surface area contributed by atoms with E-state index in [0.29, 0.717) is 29.9 Å². The molecule has 0 bridgehead atoms. The predicted molar refractivity (Wildman–Crippen MR) is 127 cm³/mol. The van der Waals surface area contributed by atoms with Crippen LogP contribution >= 0.6 is 0 Å². The number of aromatic nitrogens is 5. The maximum Gasteiger partial charge on any atom is 0.233 e. The standard InChI is InChI=1S/C24H29N7O2/c1-13(2)21-22(15-9-19(33-4)24-27-12-28-31(24)11-15)30-18-6-5-17(29-23(18)21)14-7-16(8-14)26-10-20(32)25-3/h5-6,9,11-14,16,26,30H,7-8,10H2,1-4H3,(H,25,32). The molecule has 5 rings (SSSR count). The van der Waals surface area contributed by atoms with Crippen molar-refractivity contribution >= 4 is 22.6 Å². The van der Waals surface area contributed by atoms with Crippen LogP contribution in [0.25, 0.3) is 27.9 Å². The minimum Gasteiger partial charge on any atom is -0.493 e. The Bertz CT molecular complexity index is 1320. The maximum absolute atomic E-state index is 11.5. The molecule has 1 amide bonds. The van der Waals surface area contributed by atoms with Crippen molar-refractivity contribution < 1.29 is 9.53 Å².